The molecule has 1 heterocycles. The molecule has 3 aliphatic rings. The summed E-state index contributed by atoms with van der Waals surface area (Å²) in [5.41, 5.74) is 2.88. The van der Waals surface area contributed by atoms with Gasteiger partial charge in [-0.2, -0.15) is 0 Å². The first kappa shape index (κ1) is 32.9. The van der Waals surface area contributed by atoms with Crippen molar-refractivity contribution in [2.45, 2.75) is 66.8 Å². The van der Waals surface area contributed by atoms with Gasteiger partial charge in [-0.05, 0) is 61.1 Å². The molecule has 0 radical (unpaired) electrons. The van der Waals surface area contributed by atoms with Crippen molar-refractivity contribution in [2.75, 3.05) is 52.9 Å². The minimum absolute atomic E-state index is 0.0577. The van der Waals surface area contributed by atoms with E-state index < -0.39 is 20.0 Å². The summed E-state index contributed by atoms with van der Waals surface area (Å²) in [6, 6.07) is 9.40. The van der Waals surface area contributed by atoms with E-state index in [1.54, 1.807) is 36.4 Å². The Kier molecular flexibility index (Phi) is 11.4. The Balaban J connectivity index is 1.39. The molecule has 2 fully saturated rings. The number of aliphatic hydroxyl groups excluding tert-OH is 1. The molecule has 0 unspecified atom stereocenters. The minimum atomic E-state index is -3.84. The van der Waals surface area contributed by atoms with E-state index in [1.807, 2.05) is 0 Å². The first-order valence-corrected chi connectivity index (χ1v) is 18.1. The number of ether oxygens (including phenoxy) is 3. The molecule has 0 aromatic heterocycles. The third kappa shape index (κ3) is 8.23. The van der Waals surface area contributed by atoms with Crippen molar-refractivity contribution >= 4 is 25.8 Å². The third-order valence-corrected chi connectivity index (χ3v) is 11.0. The summed E-state index contributed by atoms with van der Waals surface area (Å²) < 4.78 is 75.0. The molecule has 14 heteroatoms. The van der Waals surface area contributed by atoms with Crippen molar-refractivity contribution in [3.63, 3.8) is 0 Å². The summed E-state index contributed by atoms with van der Waals surface area (Å²) in [4.78, 5) is 5.79. The Labute approximate surface area is 259 Å². The Bertz CT molecular complexity index is 1420. The molecule has 12 nitrogen and oxygen atoms in total. The van der Waals surface area contributed by atoms with Crippen LogP contribution in [0.5, 0.6) is 0 Å². The second-order valence-electron chi connectivity index (χ2n) is 11.1. The van der Waals surface area contributed by atoms with Gasteiger partial charge in [0.25, 0.3) is 0 Å². The van der Waals surface area contributed by atoms with E-state index in [2.05, 4.69) is 14.6 Å². The molecule has 2 aliphatic carbocycles. The van der Waals surface area contributed by atoms with Gasteiger partial charge in [-0.25, -0.2) is 26.3 Å². The van der Waals surface area contributed by atoms with Crippen LogP contribution in [0, 0.1) is 0 Å². The zero-order valence-electron chi connectivity index (χ0n) is 24.7. The largest absolute Gasteiger partial charge is 0.394 e. The van der Waals surface area contributed by atoms with Gasteiger partial charge in [0.15, 0.2) is 0 Å². The second-order valence-corrected chi connectivity index (χ2v) is 14.5. The number of oxime groups is 1. The number of sulfonamides is 2. The number of rotatable bonds is 15. The normalized spacial score (nSPS) is 18.8. The number of benzene rings is 2. The van der Waals surface area contributed by atoms with Crippen LogP contribution >= 0.6 is 0 Å². The molecule has 0 spiro atoms. The van der Waals surface area contributed by atoms with Gasteiger partial charge in [-0.3, -0.25) is 0 Å². The highest BCUT2D eigenvalue weighted by Gasteiger charge is 2.31. The first-order chi connectivity index (χ1) is 21.3. The van der Waals surface area contributed by atoms with Gasteiger partial charge in [0, 0.05) is 36.4 Å². The molecule has 0 amide bonds. The molecule has 2 aromatic carbocycles. The smallest absolute Gasteiger partial charge is 0.240 e. The van der Waals surface area contributed by atoms with E-state index in [1.165, 1.54) is 0 Å². The second kappa shape index (κ2) is 15.2. The average Bonchev–Trinajstić information content (AvgIpc) is 3.33. The Hall–Kier alpha value is -2.43. The molecule has 1 aliphatic heterocycles. The highest BCUT2D eigenvalue weighted by atomic mass is 32.2. The van der Waals surface area contributed by atoms with Crippen LogP contribution in [0.15, 0.2) is 51.3 Å². The van der Waals surface area contributed by atoms with Crippen LogP contribution in [-0.4, -0.2) is 92.6 Å². The van der Waals surface area contributed by atoms with Crippen LogP contribution in [0.1, 0.15) is 56.1 Å². The number of nitrogens with zero attached hydrogens (tertiary/aromatic N) is 1. The lowest BCUT2D eigenvalue weighted by atomic mass is 9.96. The van der Waals surface area contributed by atoms with Crippen LogP contribution in [-0.2, 0) is 39.1 Å². The van der Waals surface area contributed by atoms with Crippen molar-refractivity contribution in [1.82, 2.24) is 9.44 Å². The molecule has 2 aromatic rings. The molecule has 3 N–H and O–H groups in total. The molecule has 5 rings (SSSR count). The molecule has 1 saturated heterocycles. The number of hydrogen-bond acceptors (Lipinski definition) is 10. The number of hydrogen-bond donors (Lipinski definition) is 3. The quantitative estimate of drug-likeness (QED) is 0.166. The summed E-state index contributed by atoms with van der Waals surface area (Å²) in [6.07, 6.45) is 5.91. The van der Waals surface area contributed by atoms with Gasteiger partial charge in [-0.1, -0.05) is 36.6 Å². The zero-order chi connectivity index (χ0) is 31.0. The monoisotopic (exact) mass is 651 g/mol. The summed E-state index contributed by atoms with van der Waals surface area (Å²) in [5.74, 6) is 0. The van der Waals surface area contributed by atoms with E-state index in [0.717, 1.165) is 43.2 Å². The van der Waals surface area contributed by atoms with Gasteiger partial charge >= 0.3 is 0 Å². The lowest BCUT2D eigenvalue weighted by Crippen LogP contribution is -2.38. The predicted molar refractivity (Wildman–Crippen MR) is 164 cm³/mol. The molecule has 242 valence electrons. The highest BCUT2D eigenvalue weighted by Crippen LogP contribution is 2.39. The maximum Gasteiger partial charge on any atom is 0.240 e. The number of nitrogens with one attached hydrogen (secondary N) is 2. The molecular weight excluding hydrogens is 610 g/mol. The minimum Gasteiger partial charge on any atom is -0.394 e. The molecule has 0 bridgehead atoms. The van der Waals surface area contributed by atoms with Gasteiger partial charge in [0.2, 0.25) is 20.0 Å². The SMILES string of the molecule is O=S(=O)(NC1CCCCC1)c1ccc2c(c1)/C(=N\OCCOCCOCCO)c1cc(S(=O)(=O)NC3CCOCC3)ccc1-2. The average molecular weight is 652 g/mol. The molecular formula is C30H41N3O9S2. The van der Waals surface area contributed by atoms with E-state index in [9.17, 15) is 16.8 Å². The number of fused-ring (bicyclic) bond motifs is 3. The van der Waals surface area contributed by atoms with Gasteiger partial charge in [0.05, 0.1) is 42.8 Å². The fourth-order valence-electron chi connectivity index (χ4n) is 5.69. The van der Waals surface area contributed by atoms with E-state index in [4.69, 9.17) is 24.2 Å². The third-order valence-electron chi connectivity index (χ3n) is 7.96. The summed E-state index contributed by atoms with van der Waals surface area (Å²) >= 11 is 0. The van der Waals surface area contributed by atoms with Crippen molar-refractivity contribution < 1.29 is 41.0 Å². The summed E-state index contributed by atoms with van der Waals surface area (Å²) in [5, 5.41) is 13.1. The molecule has 0 atom stereocenters. The Morgan fingerprint density at radius 3 is 1.80 bits per heavy atom. The summed E-state index contributed by atoms with van der Waals surface area (Å²) in [6.45, 7) is 2.17. The van der Waals surface area contributed by atoms with Gasteiger partial charge in [0.1, 0.15) is 12.3 Å². The van der Waals surface area contributed by atoms with Crippen molar-refractivity contribution in [3.05, 3.63) is 47.5 Å². The molecule has 1 saturated carbocycles. The Morgan fingerprint density at radius 1 is 0.705 bits per heavy atom. The lowest BCUT2D eigenvalue weighted by Gasteiger charge is -2.23. The predicted octanol–water partition coefficient (Wildman–Crippen LogP) is 2.53. The zero-order valence-corrected chi connectivity index (χ0v) is 26.3. The van der Waals surface area contributed by atoms with E-state index in [0.29, 0.717) is 56.1 Å². The van der Waals surface area contributed by atoms with Crippen LogP contribution < -0.4 is 9.44 Å². The van der Waals surface area contributed by atoms with E-state index in [-0.39, 0.29) is 48.3 Å². The van der Waals surface area contributed by atoms with Gasteiger partial charge < -0.3 is 24.2 Å². The van der Waals surface area contributed by atoms with E-state index >= 15 is 0 Å². The maximum atomic E-state index is 13.4. The fourth-order valence-corrected chi connectivity index (χ4v) is 8.35. The van der Waals surface area contributed by atoms with Crippen molar-refractivity contribution in [1.29, 1.82) is 0 Å². The Morgan fingerprint density at radius 2 is 1.23 bits per heavy atom. The van der Waals surface area contributed by atoms with Crippen LogP contribution in [0.2, 0.25) is 0 Å². The van der Waals surface area contributed by atoms with Gasteiger partial charge in [-0.15, -0.1) is 0 Å². The molecule has 44 heavy (non-hydrogen) atoms. The van der Waals surface area contributed by atoms with Crippen molar-refractivity contribution in [3.8, 4) is 11.1 Å². The summed E-state index contributed by atoms with van der Waals surface area (Å²) in [7, 11) is -7.63. The first-order valence-electron chi connectivity index (χ1n) is 15.2. The van der Waals surface area contributed by atoms with Crippen LogP contribution in [0.25, 0.3) is 11.1 Å². The fraction of sp³-hybridized carbons (Fsp3) is 0.567. The number of aliphatic hydroxyl groups is 1. The van der Waals surface area contributed by atoms with Crippen LogP contribution in [0.3, 0.4) is 0 Å². The standard InChI is InChI=1S/C30H41N3O9S2/c34-12-15-40-16-17-41-18-19-42-31-30-28-20-24(43(35,36)32-22-4-2-1-3-5-22)6-8-26(28)27-9-7-25(21-29(27)30)44(37,38)33-23-10-13-39-14-11-23/h6-9,20-23,32-34H,1-5,10-19H2/b31-30+. The van der Waals surface area contributed by atoms with Crippen molar-refractivity contribution in [2.24, 2.45) is 5.16 Å². The lowest BCUT2D eigenvalue weighted by molar-refractivity contribution is 0.00876. The van der Waals surface area contributed by atoms with Crippen LogP contribution in [0.4, 0.5) is 0 Å². The maximum absolute atomic E-state index is 13.4. The highest BCUT2D eigenvalue weighted by molar-refractivity contribution is 7.89. The topological polar surface area (TPSA) is 162 Å².